The first-order chi connectivity index (χ1) is 11.3. The minimum atomic E-state index is 0.00471. The summed E-state index contributed by atoms with van der Waals surface area (Å²) in [5.41, 5.74) is 1.11. The third kappa shape index (κ3) is 4.39. The van der Waals surface area contributed by atoms with Crippen LogP contribution >= 0.6 is 0 Å². The molecule has 1 aliphatic heterocycles. The molecule has 1 saturated heterocycles. The predicted molar refractivity (Wildman–Crippen MR) is 85.4 cm³/mol. The van der Waals surface area contributed by atoms with E-state index in [1.54, 1.807) is 24.9 Å². The molecule has 1 amide bonds. The molecule has 0 bridgehead atoms. The van der Waals surface area contributed by atoms with Crippen molar-refractivity contribution < 1.29 is 9.53 Å². The Hall–Kier alpha value is -2.21. The molecule has 0 N–H and O–H groups in total. The summed E-state index contributed by atoms with van der Waals surface area (Å²) >= 11 is 0. The summed E-state index contributed by atoms with van der Waals surface area (Å²) in [4.78, 5) is 22.8. The van der Waals surface area contributed by atoms with E-state index in [-0.39, 0.29) is 11.8 Å². The summed E-state index contributed by atoms with van der Waals surface area (Å²) in [6.45, 7) is 3.46. The summed E-state index contributed by atoms with van der Waals surface area (Å²) in [6, 6.07) is 3.92. The zero-order chi connectivity index (χ0) is 15.9. The van der Waals surface area contributed by atoms with Crippen LogP contribution in [0, 0.1) is 5.92 Å². The number of amides is 1. The van der Waals surface area contributed by atoms with Gasteiger partial charge in [-0.15, -0.1) is 0 Å². The Bertz CT molecular complexity index is 594. The fourth-order valence-electron chi connectivity index (χ4n) is 2.83. The lowest BCUT2D eigenvalue weighted by Crippen LogP contribution is -2.37. The molecule has 1 unspecified atom stereocenters. The Morgan fingerprint density at radius 2 is 2.17 bits per heavy atom. The molecule has 0 aromatic carbocycles. The lowest BCUT2D eigenvalue weighted by Gasteiger charge is -2.25. The molecule has 122 valence electrons. The highest BCUT2D eigenvalue weighted by atomic mass is 16.5. The molecule has 3 rings (SSSR count). The van der Waals surface area contributed by atoms with E-state index in [9.17, 15) is 4.79 Å². The van der Waals surface area contributed by atoms with Crippen LogP contribution < -0.4 is 0 Å². The van der Waals surface area contributed by atoms with E-state index >= 15 is 0 Å². The predicted octanol–water partition coefficient (Wildman–Crippen LogP) is 1.73. The molecule has 0 saturated carbocycles. The quantitative estimate of drug-likeness (QED) is 0.781. The maximum Gasteiger partial charge on any atom is 0.228 e. The fraction of sp³-hybridized carbons (Fsp3) is 0.471. The van der Waals surface area contributed by atoms with Crippen molar-refractivity contribution >= 4 is 5.91 Å². The van der Waals surface area contributed by atoms with Crippen LogP contribution in [-0.2, 0) is 22.6 Å². The van der Waals surface area contributed by atoms with E-state index in [0.717, 1.165) is 31.5 Å². The number of ether oxygens (including phenoxy) is 1. The SMILES string of the molecule is O=C(C1CCOC1)N(CCCn1ccnc1)Cc1ccncc1. The van der Waals surface area contributed by atoms with Crippen LogP contribution in [0.15, 0.2) is 43.2 Å². The lowest BCUT2D eigenvalue weighted by molar-refractivity contribution is -0.136. The summed E-state index contributed by atoms with van der Waals surface area (Å²) in [7, 11) is 0. The van der Waals surface area contributed by atoms with Crippen LogP contribution in [-0.4, -0.2) is 45.1 Å². The van der Waals surface area contributed by atoms with Crippen molar-refractivity contribution in [2.75, 3.05) is 19.8 Å². The minimum absolute atomic E-state index is 0.00471. The maximum atomic E-state index is 12.8. The number of pyridine rings is 1. The number of rotatable bonds is 7. The molecule has 1 aliphatic rings. The molecule has 23 heavy (non-hydrogen) atoms. The van der Waals surface area contributed by atoms with E-state index in [4.69, 9.17) is 4.74 Å². The molecule has 0 spiro atoms. The number of aryl methyl sites for hydroxylation is 1. The van der Waals surface area contributed by atoms with E-state index in [0.29, 0.717) is 19.8 Å². The van der Waals surface area contributed by atoms with Crippen LogP contribution in [0.5, 0.6) is 0 Å². The number of hydrogen-bond acceptors (Lipinski definition) is 4. The minimum Gasteiger partial charge on any atom is -0.381 e. The van der Waals surface area contributed by atoms with Crippen LogP contribution in [0.2, 0.25) is 0 Å². The smallest absolute Gasteiger partial charge is 0.228 e. The second kappa shape index (κ2) is 7.87. The average Bonchev–Trinajstić information content (AvgIpc) is 3.28. The highest BCUT2D eigenvalue weighted by Gasteiger charge is 2.27. The van der Waals surface area contributed by atoms with Crippen LogP contribution in [0.3, 0.4) is 0 Å². The fourth-order valence-corrected chi connectivity index (χ4v) is 2.83. The Labute approximate surface area is 136 Å². The molecule has 6 nitrogen and oxygen atoms in total. The van der Waals surface area contributed by atoms with Gasteiger partial charge < -0.3 is 14.2 Å². The molecule has 0 radical (unpaired) electrons. The Kier molecular flexibility index (Phi) is 5.37. The van der Waals surface area contributed by atoms with Crippen LogP contribution in [0.1, 0.15) is 18.4 Å². The Balaban J connectivity index is 1.61. The van der Waals surface area contributed by atoms with Gasteiger partial charge in [-0.25, -0.2) is 4.98 Å². The normalized spacial score (nSPS) is 17.3. The van der Waals surface area contributed by atoms with Gasteiger partial charge in [0, 0.05) is 51.0 Å². The first kappa shape index (κ1) is 15.7. The Morgan fingerprint density at radius 1 is 1.30 bits per heavy atom. The lowest BCUT2D eigenvalue weighted by atomic mass is 10.1. The molecular weight excluding hydrogens is 292 g/mol. The number of hydrogen-bond donors (Lipinski definition) is 0. The van der Waals surface area contributed by atoms with Crippen molar-refractivity contribution in [3.8, 4) is 0 Å². The maximum absolute atomic E-state index is 12.8. The summed E-state index contributed by atoms with van der Waals surface area (Å²) in [5, 5.41) is 0. The Morgan fingerprint density at radius 3 is 2.87 bits per heavy atom. The van der Waals surface area contributed by atoms with E-state index < -0.39 is 0 Å². The number of nitrogens with zero attached hydrogens (tertiary/aromatic N) is 4. The third-order valence-electron chi connectivity index (χ3n) is 4.12. The molecule has 3 heterocycles. The molecule has 2 aromatic rings. The van der Waals surface area contributed by atoms with Crippen molar-refractivity contribution in [2.24, 2.45) is 5.92 Å². The average molecular weight is 314 g/mol. The summed E-state index contributed by atoms with van der Waals surface area (Å²) < 4.78 is 7.41. The van der Waals surface area contributed by atoms with Gasteiger partial charge in [-0.1, -0.05) is 0 Å². The highest BCUT2D eigenvalue weighted by Crippen LogP contribution is 2.17. The van der Waals surface area contributed by atoms with Gasteiger partial charge in [0.05, 0.1) is 18.9 Å². The van der Waals surface area contributed by atoms with Crippen molar-refractivity contribution in [1.82, 2.24) is 19.4 Å². The van der Waals surface area contributed by atoms with Crippen molar-refractivity contribution in [1.29, 1.82) is 0 Å². The van der Waals surface area contributed by atoms with E-state index in [1.165, 1.54) is 0 Å². The first-order valence-electron chi connectivity index (χ1n) is 8.04. The topological polar surface area (TPSA) is 60.2 Å². The zero-order valence-electron chi connectivity index (χ0n) is 13.2. The standard InChI is InChI=1S/C17H22N4O2/c22-17(16-4-11-23-13-16)21(12-15-2-5-18-6-3-15)9-1-8-20-10-7-19-14-20/h2-3,5-7,10,14,16H,1,4,8-9,11-13H2. The highest BCUT2D eigenvalue weighted by molar-refractivity contribution is 5.79. The number of imidazole rings is 1. The van der Waals surface area contributed by atoms with Crippen LogP contribution in [0.25, 0.3) is 0 Å². The van der Waals surface area contributed by atoms with Gasteiger partial charge in [0.2, 0.25) is 5.91 Å². The monoisotopic (exact) mass is 314 g/mol. The molecule has 1 atom stereocenters. The molecule has 6 heteroatoms. The second-order valence-electron chi connectivity index (χ2n) is 5.83. The number of carbonyl (C=O) groups excluding carboxylic acids is 1. The molecular formula is C17H22N4O2. The number of carbonyl (C=O) groups is 1. The van der Waals surface area contributed by atoms with Gasteiger partial charge in [0.25, 0.3) is 0 Å². The molecule has 0 aliphatic carbocycles. The summed E-state index contributed by atoms with van der Waals surface area (Å²) in [6.07, 6.45) is 10.8. The largest absolute Gasteiger partial charge is 0.381 e. The third-order valence-corrected chi connectivity index (χ3v) is 4.12. The molecule has 1 fully saturated rings. The van der Waals surface area contributed by atoms with Crippen molar-refractivity contribution in [3.05, 3.63) is 48.8 Å². The van der Waals surface area contributed by atoms with Crippen LogP contribution in [0.4, 0.5) is 0 Å². The van der Waals surface area contributed by atoms with Gasteiger partial charge in [0.1, 0.15) is 0 Å². The molecule has 2 aromatic heterocycles. The second-order valence-corrected chi connectivity index (χ2v) is 5.83. The first-order valence-corrected chi connectivity index (χ1v) is 8.04. The van der Waals surface area contributed by atoms with E-state index in [1.807, 2.05) is 27.8 Å². The zero-order valence-corrected chi connectivity index (χ0v) is 13.2. The van der Waals surface area contributed by atoms with E-state index in [2.05, 4.69) is 9.97 Å². The van der Waals surface area contributed by atoms with Gasteiger partial charge in [0.15, 0.2) is 0 Å². The van der Waals surface area contributed by atoms with Crippen molar-refractivity contribution in [2.45, 2.75) is 25.9 Å². The number of aromatic nitrogens is 3. The van der Waals surface area contributed by atoms with Gasteiger partial charge in [-0.2, -0.15) is 0 Å². The summed E-state index contributed by atoms with van der Waals surface area (Å²) in [5.74, 6) is 0.204. The van der Waals surface area contributed by atoms with Gasteiger partial charge >= 0.3 is 0 Å². The van der Waals surface area contributed by atoms with Gasteiger partial charge in [-0.05, 0) is 30.5 Å². The van der Waals surface area contributed by atoms with Crippen molar-refractivity contribution in [3.63, 3.8) is 0 Å². The van der Waals surface area contributed by atoms with Gasteiger partial charge in [-0.3, -0.25) is 9.78 Å².